The van der Waals surface area contributed by atoms with E-state index in [4.69, 9.17) is 9.97 Å². The van der Waals surface area contributed by atoms with Crippen LogP contribution in [0, 0.1) is 0 Å². The molecule has 0 aliphatic carbocycles. The first kappa shape index (κ1) is 36.3. The van der Waals surface area contributed by atoms with E-state index in [1.165, 1.54) is 0 Å². The molecule has 2 aromatic heterocycles. The van der Waals surface area contributed by atoms with Crippen LogP contribution in [0.4, 0.5) is 34.1 Å². The number of rotatable bonds is 10. The molecule has 10 rings (SSSR count). The molecule has 2 heterocycles. The largest absolute Gasteiger partial charge is 0.311 e. The van der Waals surface area contributed by atoms with Gasteiger partial charge in [-0.2, -0.15) is 0 Å². The lowest BCUT2D eigenvalue weighted by Gasteiger charge is -2.25. The fraction of sp³-hybridized carbons (Fsp3) is 0. The van der Waals surface area contributed by atoms with Gasteiger partial charge >= 0.3 is 0 Å². The minimum absolute atomic E-state index is 0.701. The van der Waals surface area contributed by atoms with Crippen LogP contribution in [0.3, 0.4) is 0 Å². The Hall–Kier alpha value is -8.08. The lowest BCUT2D eigenvalue weighted by Crippen LogP contribution is -2.09. The monoisotopic (exact) mass is 768 g/mol. The standard InChI is InChI=1S/C56H40N4/c1-7-19-43(20-8-1)54-52(41-31-35-50(36-32-41)59(46-23-11-3-12-24-46)47-25-13-4-14-26-47)39-45-40-53(55(58-56(45)57-54)44-21-9-2-10-22-44)42-33-37-51(38-34-42)60(48-27-15-5-16-28-48)49-29-17-6-18-30-49/h1-40H. The molecule has 8 aromatic carbocycles. The molecule has 0 radical (unpaired) electrons. The van der Waals surface area contributed by atoms with Crippen molar-refractivity contribution in [3.8, 4) is 44.8 Å². The van der Waals surface area contributed by atoms with Crippen LogP contribution >= 0.6 is 0 Å². The molecule has 0 bridgehead atoms. The molecule has 0 spiro atoms. The van der Waals surface area contributed by atoms with Crippen LogP contribution in [0.1, 0.15) is 0 Å². The van der Waals surface area contributed by atoms with Gasteiger partial charge in [0, 0.05) is 61.8 Å². The summed E-state index contributed by atoms with van der Waals surface area (Å²) >= 11 is 0. The predicted octanol–water partition coefficient (Wildman–Crippen LogP) is 15.2. The van der Waals surface area contributed by atoms with Crippen LogP contribution in [0.2, 0.25) is 0 Å². The maximum Gasteiger partial charge on any atom is 0.160 e. The van der Waals surface area contributed by atoms with Gasteiger partial charge in [-0.1, -0.05) is 158 Å². The van der Waals surface area contributed by atoms with E-state index in [9.17, 15) is 0 Å². The minimum atomic E-state index is 0.701. The maximum atomic E-state index is 5.37. The van der Waals surface area contributed by atoms with Crippen molar-refractivity contribution in [2.45, 2.75) is 0 Å². The third-order valence-electron chi connectivity index (χ3n) is 10.8. The molecule has 4 heteroatoms. The zero-order valence-electron chi connectivity index (χ0n) is 32.9. The molecule has 60 heavy (non-hydrogen) atoms. The lowest BCUT2D eigenvalue weighted by atomic mass is 9.95. The number of aromatic nitrogens is 2. The lowest BCUT2D eigenvalue weighted by molar-refractivity contribution is 1.27. The molecule has 0 saturated carbocycles. The van der Waals surface area contributed by atoms with E-state index in [-0.39, 0.29) is 0 Å². The number of anilines is 6. The number of fused-ring (bicyclic) bond motifs is 1. The molecular weight excluding hydrogens is 729 g/mol. The van der Waals surface area contributed by atoms with Gasteiger partial charge in [0.2, 0.25) is 0 Å². The second-order valence-electron chi connectivity index (χ2n) is 14.7. The Morgan fingerprint density at radius 3 is 0.817 bits per heavy atom. The Morgan fingerprint density at radius 2 is 0.517 bits per heavy atom. The number of para-hydroxylation sites is 4. The van der Waals surface area contributed by atoms with Crippen LogP contribution < -0.4 is 9.80 Å². The fourth-order valence-corrected chi connectivity index (χ4v) is 7.96. The van der Waals surface area contributed by atoms with Crippen LogP contribution in [-0.2, 0) is 0 Å². The number of benzene rings is 8. The Labute approximate surface area is 351 Å². The van der Waals surface area contributed by atoms with Crippen molar-refractivity contribution in [2.75, 3.05) is 9.80 Å². The average molecular weight is 769 g/mol. The molecule has 10 aromatic rings. The summed E-state index contributed by atoms with van der Waals surface area (Å²) in [6.45, 7) is 0. The van der Waals surface area contributed by atoms with Crippen molar-refractivity contribution in [2.24, 2.45) is 0 Å². The molecule has 4 nitrogen and oxygen atoms in total. The van der Waals surface area contributed by atoms with Crippen molar-refractivity contribution in [3.63, 3.8) is 0 Å². The van der Waals surface area contributed by atoms with Crippen LogP contribution in [0.25, 0.3) is 55.8 Å². The number of hydrogen-bond acceptors (Lipinski definition) is 4. The highest BCUT2D eigenvalue weighted by Crippen LogP contribution is 2.41. The van der Waals surface area contributed by atoms with Gasteiger partial charge in [0.1, 0.15) is 0 Å². The molecule has 0 saturated heterocycles. The van der Waals surface area contributed by atoms with Crippen LogP contribution in [0.15, 0.2) is 243 Å². The van der Waals surface area contributed by atoms with Gasteiger partial charge in [-0.25, -0.2) is 9.97 Å². The molecule has 0 unspecified atom stereocenters. The van der Waals surface area contributed by atoms with Crippen LogP contribution in [0.5, 0.6) is 0 Å². The third kappa shape index (κ3) is 7.30. The van der Waals surface area contributed by atoms with Crippen molar-refractivity contribution >= 4 is 45.2 Å². The number of hydrogen-bond donors (Lipinski definition) is 0. The highest BCUT2D eigenvalue weighted by Gasteiger charge is 2.19. The Bertz CT molecular complexity index is 2690. The molecule has 0 atom stereocenters. The number of pyridine rings is 2. The van der Waals surface area contributed by atoms with Crippen molar-refractivity contribution in [1.29, 1.82) is 0 Å². The van der Waals surface area contributed by atoms with Gasteiger partial charge in [-0.05, 0) is 96.1 Å². The average Bonchev–Trinajstić information content (AvgIpc) is 3.33. The normalized spacial score (nSPS) is 11.0. The van der Waals surface area contributed by atoms with Gasteiger partial charge in [0.15, 0.2) is 5.65 Å². The summed E-state index contributed by atoms with van der Waals surface area (Å²) in [4.78, 5) is 15.3. The van der Waals surface area contributed by atoms with Gasteiger partial charge in [0.05, 0.1) is 11.4 Å². The molecule has 0 aliphatic rings. The highest BCUT2D eigenvalue weighted by atomic mass is 15.1. The van der Waals surface area contributed by atoms with Crippen molar-refractivity contribution in [3.05, 3.63) is 243 Å². The minimum Gasteiger partial charge on any atom is -0.311 e. The van der Waals surface area contributed by atoms with Crippen molar-refractivity contribution < 1.29 is 0 Å². The Balaban J connectivity index is 1.11. The van der Waals surface area contributed by atoms with E-state index >= 15 is 0 Å². The second kappa shape index (κ2) is 16.4. The SMILES string of the molecule is c1ccc(-c2nc3nc(-c4ccccc4)c(-c4ccc(N(c5ccccc5)c5ccccc5)cc4)cc3cc2-c2ccc(N(c3ccccc3)c3ccccc3)cc2)cc1. The first-order chi connectivity index (χ1) is 29.8. The molecule has 0 N–H and O–H groups in total. The van der Waals surface area contributed by atoms with E-state index in [0.29, 0.717) is 5.65 Å². The van der Waals surface area contributed by atoms with Gasteiger partial charge < -0.3 is 9.80 Å². The first-order valence-corrected chi connectivity index (χ1v) is 20.2. The third-order valence-corrected chi connectivity index (χ3v) is 10.8. The predicted molar refractivity (Wildman–Crippen MR) is 251 cm³/mol. The summed E-state index contributed by atoms with van der Waals surface area (Å²) in [6, 6.07) is 85.0. The Kier molecular flexibility index (Phi) is 9.92. The molecule has 0 fully saturated rings. The summed E-state index contributed by atoms with van der Waals surface area (Å²) in [5, 5.41) is 0.970. The Morgan fingerprint density at radius 1 is 0.250 bits per heavy atom. The first-order valence-electron chi connectivity index (χ1n) is 20.2. The zero-order valence-corrected chi connectivity index (χ0v) is 32.9. The van der Waals surface area contributed by atoms with E-state index in [2.05, 4.69) is 240 Å². The van der Waals surface area contributed by atoms with E-state index < -0.39 is 0 Å². The molecule has 0 amide bonds. The van der Waals surface area contributed by atoms with Gasteiger partial charge in [-0.15, -0.1) is 0 Å². The second-order valence-corrected chi connectivity index (χ2v) is 14.7. The van der Waals surface area contributed by atoms with E-state index in [1.54, 1.807) is 0 Å². The fourth-order valence-electron chi connectivity index (χ4n) is 7.96. The van der Waals surface area contributed by atoms with E-state index in [1.807, 2.05) is 12.1 Å². The van der Waals surface area contributed by atoms with Gasteiger partial charge in [0.25, 0.3) is 0 Å². The zero-order chi connectivity index (χ0) is 40.1. The summed E-state index contributed by atoms with van der Waals surface area (Å²) in [5.41, 5.74) is 15.4. The van der Waals surface area contributed by atoms with Crippen molar-refractivity contribution in [1.82, 2.24) is 9.97 Å². The summed E-state index contributed by atoms with van der Waals surface area (Å²) < 4.78 is 0. The van der Waals surface area contributed by atoms with E-state index in [0.717, 1.165) is 84.3 Å². The number of nitrogens with zero attached hydrogens (tertiary/aromatic N) is 4. The molecule has 0 aliphatic heterocycles. The van der Waals surface area contributed by atoms with Crippen LogP contribution in [-0.4, -0.2) is 9.97 Å². The summed E-state index contributed by atoms with van der Waals surface area (Å²) in [5.74, 6) is 0. The summed E-state index contributed by atoms with van der Waals surface area (Å²) in [7, 11) is 0. The quantitative estimate of drug-likeness (QED) is 0.139. The highest BCUT2D eigenvalue weighted by molar-refractivity contribution is 5.96. The smallest absolute Gasteiger partial charge is 0.160 e. The molecule has 284 valence electrons. The van der Waals surface area contributed by atoms with Gasteiger partial charge in [-0.3, -0.25) is 0 Å². The maximum absolute atomic E-state index is 5.37. The summed E-state index contributed by atoms with van der Waals surface area (Å²) in [6.07, 6.45) is 0. The molecular formula is C56H40N4. The topological polar surface area (TPSA) is 32.3 Å².